The van der Waals surface area contributed by atoms with Crippen LogP contribution in [0, 0.1) is 0 Å². The second kappa shape index (κ2) is 10.6. The lowest BCUT2D eigenvalue weighted by molar-refractivity contribution is 0.0750. The number of rotatable bonds is 9. The largest absolute Gasteiger partial charge is 0.373 e. The number of halogens is 2. The maximum Gasteiger partial charge on any atom is 0.0896 e. The number of unbranched alkanes of at least 4 members (excludes halogenated alkanes) is 2. The number of hydrogen-bond donors (Lipinski definition) is 0. The minimum absolute atomic E-state index is 0.134. The second-order valence-electron chi connectivity index (χ2n) is 4.88. The van der Waals surface area contributed by atoms with Crippen LogP contribution in [0.15, 0.2) is 33.9 Å². The first-order valence-electron chi connectivity index (χ1n) is 7.42. The fraction of sp³-hybridized carbons (Fsp3) is 0.529. The Bertz CT molecular complexity index is 403. The van der Waals surface area contributed by atoms with Crippen LogP contribution in [0.1, 0.15) is 51.5 Å². The molecule has 3 heteroatoms. The summed E-state index contributed by atoms with van der Waals surface area (Å²) in [5, 5.41) is 0.823. The molecular formula is C17H24ClIO. The van der Waals surface area contributed by atoms with E-state index >= 15 is 0 Å². The zero-order valence-corrected chi connectivity index (χ0v) is 15.3. The fourth-order valence-corrected chi connectivity index (χ4v) is 2.96. The summed E-state index contributed by atoms with van der Waals surface area (Å²) in [6.45, 7) is 5.21. The van der Waals surface area contributed by atoms with Crippen LogP contribution in [0.5, 0.6) is 0 Å². The highest BCUT2D eigenvalue weighted by molar-refractivity contribution is 14.1. The molecule has 0 aromatic heterocycles. The molecule has 20 heavy (non-hydrogen) atoms. The smallest absolute Gasteiger partial charge is 0.0896 e. The van der Waals surface area contributed by atoms with Gasteiger partial charge in [-0.2, -0.15) is 0 Å². The Morgan fingerprint density at radius 2 is 1.80 bits per heavy atom. The van der Waals surface area contributed by atoms with Crippen molar-refractivity contribution in [1.82, 2.24) is 0 Å². The first-order chi connectivity index (χ1) is 9.70. The van der Waals surface area contributed by atoms with Crippen molar-refractivity contribution >= 4 is 39.2 Å². The minimum Gasteiger partial charge on any atom is -0.373 e. The van der Waals surface area contributed by atoms with Gasteiger partial charge in [-0.25, -0.2) is 0 Å². The lowest BCUT2D eigenvalue weighted by atomic mass is 10.1. The van der Waals surface area contributed by atoms with Crippen molar-refractivity contribution in [3.63, 3.8) is 0 Å². The highest BCUT2D eigenvalue weighted by atomic mass is 127. The Hall–Kier alpha value is -0.0600. The second-order valence-corrected chi connectivity index (χ2v) is 6.42. The highest BCUT2D eigenvalue weighted by Gasteiger charge is 2.16. The zero-order chi connectivity index (χ0) is 14.8. The minimum atomic E-state index is 0.134. The van der Waals surface area contributed by atoms with Crippen molar-refractivity contribution in [2.45, 2.75) is 52.1 Å². The molecule has 1 aromatic rings. The van der Waals surface area contributed by atoms with E-state index in [4.69, 9.17) is 16.3 Å². The van der Waals surface area contributed by atoms with E-state index in [1.54, 1.807) is 0 Å². The van der Waals surface area contributed by atoms with Crippen LogP contribution >= 0.6 is 34.2 Å². The third-order valence-electron chi connectivity index (χ3n) is 3.16. The maximum absolute atomic E-state index is 6.54. The molecule has 112 valence electrons. The molecular weight excluding hydrogens is 383 g/mol. The molecule has 1 atom stereocenters. The third kappa shape index (κ3) is 6.15. The summed E-state index contributed by atoms with van der Waals surface area (Å²) in [4.78, 5) is 0. The lowest BCUT2D eigenvalue weighted by Crippen LogP contribution is -2.14. The maximum atomic E-state index is 6.54. The van der Waals surface area contributed by atoms with Crippen LogP contribution < -0.4 is 0 Å². The Kier molecular flexibility index (Phi) is 9.57. The molecule has 1 aromatic carbocycles. The summed E-state index contributed by atoms with van der Waals surface area (Å²) in [7, 11) is 0. The summed E-state index contributed by atoms with van der Waals surface area (Å²) in [5.41, 5.74) is 1.07. The molecule has 0 amide bonds. The number of benzene rings is 1. The lowest BCUT2D eigenvalue weighted by Gasteiger charge is -2.19. The van der Waals surface area contributed by atoms with Crippen LogP contribution in [0.3, 0.4) is 0 Å². The van der Waals surface area contributed by atoms with Crippen LogP contribution in [0.25, 0.3) is 5.03 Å². The predicted molar refractivity (Wildman–Crippen MR) is 97.4 cm³/mol. The van der Waals surface area contributed by atoms with Crippen molar-refractivity contribution in [1.29, 1.82) is 0 Å². The van der Waals surface area contributed by atoms with Gasteiger partial charge in [-0.05, 0) is 41.0 Å². The van der Waals surface area contributed by atoms with Gasteiger partial charge in [-0.1, -0.05) is 75.0 Å². The molecule has 0 bridgehead atoms. The summed E-state index contributed by atoms with van der Waals surface area (Å²) >= 11 is 8.88. The van der Waals surface area contributed by atoms with Crippen molar-refractivity contribution in [3.8, 4) is 0 Å². The number of ether oxygens (including phenoxy) is 1. The Balaban J connectivity index is 2.81. The van der Waals surface area contributed by atoms with E-state index < -0.39 is 0 Å². The van der Waals surface area contributed by atoms with Gasteiger partial charge >= 0.3 is 0 Å². The highest BCUT2D eigenvalue weighted by Crippen LogP contribution is 2.32. The van der Waals surface area contributed by atoms with Gasteiger partial charge in [0.25, 0.3) is 0 Å². The molecule has 1 nitrogen and oxygen atoms in total. The van der Waals surface area contributed by atoms with Crippen LogP contribution in [-0.4, -0.2) is 12.7 Å². The monoisotopic (exact) mass is 406 g/mol. The molecule has 0 spiro atoms. The summed E-state index contributed by atoms with van der Waals surface area (Å²) in [5.74, 6) is 0. The van der Waals surface area contributed by atoms with Crippen LogP contribution in [-0.2, 0) is 4.74 Å². The standard InChI is InChI=1S/C17H24ClIO/c1-3-5-12-15(20-13-6-4-2)17(19)16(18)14-10-8-7-9-11-14/h7-11,15H,3-6,12-13H2,1-2H3/b17-16+. The quantitative estimate of drug-likeness (QED) is 0.340. The van der Waals surface area contributed by atoms with Gasteiger partial charge in [0.2, 0.25) is 0 Å². The summed E-state index contributed by atoms with van der Waals surface area (Å²) in [6, 6.07) is 10.1. The molecule has 0 aliphatic carbocycles. The fourth-order valence-electron chi connectivity index (χ4n) is 1.91. The molecule has 0 saturated carbocycles. The van der Waals surface area contributed by atoms with E-state index in [2.05, 4.69) is 36.4 Å². The average molecular weight is 407 g/mol. The average Bonchev–Trinajstić information content (AvgIpc) is 2.50. The first-order valence-corrected chi connectivity index (χ1v) is 8.88. The SMILES string of the molecule is CCCCOC(CCCC)/C(I)=C(\Cl)c1ccccc1. The number of hydrogen-bond acceptors (Lipinski definition) is 1. The Morgan fingerprint density at radius 1 is 1.15 bits per heavy atom. The zero-order valence-electron chi connectivity index (χ0n) is 12.4. The van der Waals surface area contributed by atoms with Crippen molar-refractivity contribution < 1.29 is 4.74 Å². The van der Waals surface area contributed by atoms with E-state index in [1.165, 1.54) is 12.8 Å². The van der Waals surface area contributed by atoms with Gasteiger partial charge in [0.15, 0.2) is 0 Å². The summed E-state index contributed by atoms with van der Waals surface area (Å²) < 4.78 is 7.16. The molecule has 0 heterocycles. The van der Waals surface area contributed by atoms with E-state index in [1.807, 2.05) is 30.3 Å². The molecule has 0 radical (unpaired) electrons. The topological polar surface area (TPSA) is 9.23 Å². The van der Waals surface area contributed by atoms with E-state index in [0.717, 1.165) is 40.0 Å². The molecule has 0 aliphatic heterocycles. The van der Waals surface area contributed by atoms with E-state index in [9.17, 15) is 0 Å². The molecule has 1 unspecified atom stereocenters. The van der Waals surface area contributed by atoms with E-state index in [-0.39, 0.29) is 6.10 Å². The van der Waals surface area contributed by atoms with Crippen molar-refractivity contribution in [3.05, 3.63) is 39.5 Å². The Morgan fingerprint density at radius 3 is 2.40 bits per heavy atom. The predicted octanol–water partition coefficient (Wildman–Crippen LogP) is 6.40. The van der Waals surface area contributed by atoms with Gasteiger partial charge in [-0.3, -0.25) is 0 Å². The van der Waals surface area contributed by atoms with Crippen molar-refractivity contribution in [2.75, 3.05) is 6.61 Å². The summed E-state index contributed by atoms with van der Waals surface area (Å²) in [6.07, 6.45) is 5.79. The first kappa shape index (κ1) is 18.0. The van der Waals surface area contributed by atoms with Crippen molar-refractivity contribution in [2.24, 2.45) is 0 Å². The van der Waals surface area contributed by atoms with Gasteiger partial charge in [0, 0.05) is 10.2 Å². The van der Waals surface area contributed by atoms with Crippen LogP contribution in [0.2, 0.25) is 0 Å². The molecule has 0 aliphatic rings. The third-order valence-corrected chi connectivity index (χ3v) is 5.13. The van der Waals surface area contributed by atoms with Gasteiger partial charge < -0.3 is 4.74 Å². The van der Waals surface area contributed by atoms with Gasteiger partial charge in [0.05, 0.1) is 11.1 Å². The normalized spacial score (nSPS) is 14.0. The van der Waals surface area contributed by atoms with Gasteiger partial charge in [0.1, 0.15) is 0 Å². The molecule has 0 N–H and O–H groups in total. The van der Waals surface area contributed by atoms with E-state index in [0.29, 0.717) is 0 Å². The molecule has 0 fully saturated rings. The molecule has 1 rings (SSSR count). The van der Waals surface area contributed by atoms with Gasteiger partial charge in [-0.15, -0.1) is 0 Å². The molecule has 0 saturated heterocycles. The van der Waals surface area contributed by atoms with Crippen LogP contribution in [0.4, 0.5) is 0 Å². The Labute approximate surface area is 141 Å².